The van der Waals surface area contributed by atoms with Gasteiger partial charge in [-0.25, -0.2) is 13.4 Å². The third-order valence-corrected chi connectivity index (χ3v) is 6.28. The molecule has 1 aliphatic rings. The van der Waals surface area contributed by atoms with Crippen molar-refractivity contribution in [1.29, 1.82) is 0 Å². The van der Waals surface area contributed by atoms with Crippen LogP contribution in [0.25, 0.3) is 0 Å². The van der Waals surface area contributed by atoms with Crippen LogP contribution in [-0.4, -0.2) is 42.8 Å². The lowest BCUT2D eigenvalue weighted by Crippen LogP contribution is -2.39. The van der Waals surface area contributed by atoms with Crippen molar-refractivity contribution in [2.75, 3.05) is 17.1 Å². The Kier molecular flexibility index (Phi) is 5.94. The molecule has 2 heterocycles. The summed E-state index contributed by atoms with van der Waals surface area (Å²) in [7, 11) is -3.47. The average molecular weight is 441 g/mol. The zero-order valence-electron chi connectivity index (χ0n) is 17.1. The number of ether oxygens (including phenoxy) is 1. The zero-order chi connectivity index (χ0) is 21.8. The van der Waals surface area contributed by atoms with Crippen molar-refractivity contribution in [3.63, 3.8) is 0 Å². The lowest BCUT2D eigenvalue weighted by atomic mass is 10.1. The normalized spacial score (nSPS) is 16.2. The van der Waals surface area contributed by atoms with E-state index >= 15 is 0 Å². The van der Waals surface area contributed by atoms with Crippen LogP contribution in [0.15, 0.2) is 67.3 Å². The molecule has 0 aliphatic carbocycles. The van der Waals surface area contributed by atoms with Gasteiger partial charge < -0.3 is 14.6 Å². The van der Waals surface area contributed by atoms with Crippen molar-refractivity contribution in [2.24, 2.45) is 0 Å². The number of fused-ring (bicyclic) bond motifs is 1. The summed E-state index contributed by atoms with van der Waals surface area (Å²) in [6, 6.07) is 14.8. The number of anilines is 1. The van der Waals surface area contributed by atoms with Crippen molar-refractivity contribution in [3.05, 3.63) is 78.4 Å². The number of hydrogen-bond acceptors (Lipinski definition) is 5. The summed E-state index contributed by atoms with van der Waals surface area (Å²) >= 11 is 0. The second kappa shape index (κ2) is 8.81. The van der Waals surface area contributed by atoms with Crippen molar-refractivity contribution in [1.82, 2.24) is 14.9 Å². The van der Waals surface area contributed by atoms with E-state index in [4.69, 9.17) is 4.74 Å². The van der Waals surface area contributed by atoms with Gasteiger partial charge in [-0.2, -0.15) is 0 Å². The largest absolute Gasteiger partial charge is 0.478 e. The molecular formula is C22H24N4O4S. The summed E-state index contributed by atoms with van der Waals surface area (Å²) in [5, 5.41) is 2.90. The highest BCUT2D eigenvalue weighted by atomic mass is 32.2. The first-order valence-electron chi connectivity index (χ1n) is 9.95. The number of imidazole rings is 1. The van der Waals surface area contributed by atoms with E-state index in [1.54, 1.807) is 36.8 Å². The van der Waals surface area contributed by atoms with E-state index < -0.39 is 16.1 Å². The predicted octanol–water partition coefficient (Wildman–Crippen LogP) is 2.16. The number of carbonyl (C=O) groups is 1. The number of sulfonamides is 1. The molecule has 1 aliphatic heterocycles. The number of amides is 1. The molecule has 0 saturated heterocycles. The number of carbonyl (C=O) groups excluding carboxylic acids is 1. The number of rotatable bonds is 6. The van der Waals surface area contributed by atoms with Gasteiger partial charge in [0, 0.05) is 38.4 Å². The molecule has 1 aromatic heterocycles. The number of aromatic nitrogens is 2. The van der Waals surface area contributed by atoms with Crippen LogP contribution in [0.5, 0.6) is 5.75 Å². The van der Waals surface area contributed by atoms with Crippen LogP contribution in [0.4, 0.5) is 5.69 Å². The van der Waals surface area contributed by atoms with Crippen LogP contribution in [0.3, 0.4) is 0 Å². The number of hydrogen-bond donors (Lipinski definition) is 1. The van der Waals surface area contributed by atoms with Gasteiger partial charge in [0.25, 0.3) is 5.91 Å². The maximum Gasteiger partial charge on any atom is 0.261 e. The molecule has 8 nitrogen and oxygen atoms in total. The Bertz CT molecular complexity index is 1140. The van der Waals surface area contributed by atoms with Crippen LogP contribution >= 0.6 is 0 Å². The van der Waals surface area contributed by atoms with E-state index in [0.717, 1.165) is 23.9 Å². The van der Waals surface area contributed by atoms with Gasteiger partial charge in [0.05, 0.1) is 18.3 Å². The lowest BCUT2D eigenvalue weighted by Gasteiger charge is -2.20. The highest BCUT2D eigenvalue weighted by Gasteiger charge is 2.30. The third-order valence-electron chi connectivity index (χ3n) is 5.10. The molecule has 2 aromatic carbocycles. The predicted molar refractivity (Wildman–Crippen MR) is 117 cm³/mol. The monoisotopic (exact) mass is 440 g/mol. The molecule has 1 unspecified atom stereocenters. The molecule has 0 spiro atoms. The Hall–Kier alpha value is -3.33. The smallest absolute Gasteiger partial charge is 0.261 e. The Labute approximate surface area is 181 Å². The van der Waals surface area contributed by atoms with Crippen molar-refractivity contribution < 1.29 is 17.9 Å². The van der Waals surface area contributed by atoms with E-state index in [1.807, 2.05) is 35.0 Å². The molecular weight excluding hydrogens is 416 g/mol. The van der Waals surface area contributed by atoms with E-state index in [0.29, 0.717) is 18.0 Å². The van der Waals surface area contributed by atoms with E-state index in [2.05, 4.69) is 10.3 Å². The van der Waals surface area contributed by atoms with Crippen LogP contribution in [0, 0.1) is 0 Å². The SMILES string of the molecule is CS(=O)(=O)N1CCC(C(=O)NCc2ccc(Cn3ccnc3)cc2)Oc2ccccc21. The van der Waals surface area contributed by atoms with Crippen molar-refractivity contribution >= 4 is 21.6 Å². The highest BCUT2D eigenvalue weighted by molar-refractivity contribution is 7.92. The Balaban J connectivity index is 1.39. The van der Waals surface area contributed by atoms with Crippen LogP contribution in [0.2, 0.25) is 0 Å². The van der Waals surface area contributed by atoms with Gasteiger partial charge >= 0.3 is 0 Å². The van der Waals surface area contributed by atoms with Crippen molar-refractivity contribution in [2.45, 2.75) is 25.6 Å². The average Bonchev–Trinajstić information content (AvgIpc) is 3.16. The first-order valence-corrected chi connectivity index (χ1v) is 11.8. The van der Waals surface area contributed by atoms with Gasteiger partial charge in [-0.15, -0.1) is 0 Å². The molecule has 0 fully saturated rings. The molecule has 0 radical (unpaired) electrons. The van der Waals surface area contributed by atoms with Gasteiger partial charge in [0.15, 0.2) is 6.10 Å². The molecule has 4 rings (SSSR count). The fraction of sp³-hybridized carbons (Fsp3) is 0.273. The minimum absolute atomic E-state index is 0.177. The van der Waals surface area contributed by atoms with Gasteiger partial charge in [0.2, 0.25) is 10.0 Å². The first kappa shape index (κ1) is 20.9. The van der Waals surface area contributed by atoms with Gasteiger partial charge in [-0.1, -0.05) is 36.4 Å². The maximum absolute atomic E-state index is 12.8. The van der Waals surface area contributed by atoms with Gasteiger partial charge in [-0.05, 0) is 23.3 Å². The summed E-state index contributed by atoms with van der Waals surface area (Å²) in [6.45, 7) is 1.27. The van der Waals surface area contributed by atoms with Gasteiger partial charge in [0.1, 0.15) is 5.75 Å². The Morgan fingerprint density at radius 3 is 2.61 bits per heavy atom. The topological polar surface area (TPSA) is 93.5 Å². The fourth-order valence-corrected chi connectivity index (χ4v) is 4.46. The maximum atomic E-state index is 12.8. The molecule has 1 N–H and O–H groups in total. The number of nitrogens with one attached hydrogen (secondary N) is 1. The summed E-state index contributed by atoms with van der Waals surface area (Å²) in [5.41, 5.74) is 2.56. The van der Waals surface area contributed by atoms with E-state index in [9.17, 15) is 13.2 Å². The minimum Gasteiger partial charge on any atom is -0.478 e. The van der Waals surface area contributed by atoms with E-state index in [1.165, 1.54) is 4.31 Å². The zero-order valence-corrected chi connectivity index (χ0v) is 18.0. The second-order valence-corrected chi connectivity index (χ2v) is 9.37. The molecule has 1 amide bonds. The number of para-hydroxylation sites is 2. The highest BCUT2D eigenvalue weighted by Crippen LogP contribution is 2.33. The summed E-state index contributed by atoms with van der Waals surface area (Å²) in [6.07, 6.45) is 6.06. The van der Waals surface area contributed by atoms with Gasteiger partial charge in [-0.3, -0.25) is 9.10 Å². The molecule has 162 valence electrons. The minimum atomic E-state index is -3.47. The Morgan fingerprint density at radius 2 is 1.90 bits per heavy atom. The third kappa shape index (κ3) is 5.05. The summed E-state index contributed by atoms with van der Waals surface area (Å²) in [4.78, 5) is 16.8. The van der Waals surface area contributed by atoms with Crippen LogP contribution in [0.1, 0.15) is 17.5 Å². The second-order valence-electron chi connectivity index (χ2n) is 7.47. The number of benzene rings is 2. The number of nitrogens with zero attached hydrogens (tertiary/aromatic N) is 3. The molecule has 1 atom stereocenters. The summed E-state index contributed by atoms with van der Waals surface area (Å²) < 4.78 is 33.5. The van der Waals surface area contributed by atoms with Crippen molar-refractivity contribution in [3.8, 4) is 5.75 Å². The fourth-order valence-electron chi connectivity index (χ4n) is 3.52. The van der Waals surface area contributed by atoms with Crippen LogP contribution in [-0.2, 0) is 27.9 Å². The van der Waals surface area contributed by atoms with E-state index in [-0.39, 0.29) is 18.9 Å². The molecule has 9 heteroatoms. The quantitative estimate of drug-likeness (QED) is 0.634. The molecule has 0 saturated carbocycles. The Morgan fingerprint density at radius 1 is 1.16 bits per heavy atom. The van der Waals surface area contributed by atoms with Crippen LogP contribution < -0.4 is 14.4 Å². The first-order chi connectivity index (χ1) is 14.9. The molecule has 3 aromatic rings. The lowest BCUT2D eigenvalue weighted by molar-refractivity contribution is -0.128. The standard InChI is InChI=1S/C22H24N4O4S/c1-31(28,29)26-12-10-21(30-20-5-3-2-4-19(20)26)22(27)24-14-17-6-8-18(9-7-17)15-25-13-11-23-16-25/h2-9,11,13,16,21H,10,12,14-15H2,1H3,(H,24,27). The summed E-state index contributed by atoms with van der Waals surface area (Å²) in [5.74, 6) is 0.113. The molecule has 0 bridgehead atoms. The molecule has 31 heavy (non-hydrogen) atoms.